The molecule has 0 saturated carbocycles. The molecule has 2 amide bonds. The van der Waals surface area contributed by atoms with Crippen LogP contribution in [-0.2, 0) is 11.3 Å². The van der Waals surface area contributed by atoms with Gasteiger partial charge in [-0.05, 0) is 64.8 Å². The van der Waals surface area contributed by atoms with Gasteiger partial charge >= 0.3 is 0 Å². The summed E-state index contributed by atoms with van der Waals surface area (Å²) in [6.45, 7) is 1.96. The number of nitrogens with one attached hydrogen (secondary N) is 2. The Labute approximate surface area is 184 Å². The van der Waals surface area contributed by atoms with Crippen LogP contribution in [-0.4, -0.2) is 18.4 Å². The number of furan rings is 1. The van der Waals surface area contributed by atoms with Crippen LogP contribution < -0.4 is 15.4 Å². The van der Waals surface area contributed by atoms with Crippen molar-refractivity contribution in [2.45, 2.75) is 13.5 Å². The van der Waals surface area contributed by atoms with Crippen LogP contribution in [0.15, 0.2) is 68.2 Å². The Morgan fingerprint density at radius 3 is 2.62 bits per heavy atom. The monoisotopic (exact) mass is 520 g/mol. The summed E-state index contributed by atoms with van der Waals surface area (Å²) in [6, 6.07) is 14.1. The van der Waals surface area contributed by atoms with E-state index in [1.54, 1.807) is 42.7 Å². The average Bonchev–Trinajstić information content (AvgIpc) is 3.19. The highest BCUT2D eigenvalue weighted by Gasteiger charge is 2.15. The van der Waals surface area contributed by atoms with Crippen molar-refractivity contribution in [3.8, 4) is 5.75 Å². The molecule has 1 heterocycles. The van der Waals surface area contributed by atoms with E-state index < -0.39 is 0 Å². The number of hydrogen-bond acceptors (Lipinski definition) is 4. The summed E-state index contributed by atoms with van der Waals surface area (Å²) >= 11 is 6.84. The molecule has 2 aromatic carbocycles. The Hall–Kier alpha value is -2.58. The number of amides is 2. The number of aryl methyl sites for hydroxylation is 1. The second-order valence-corrected chi connectivity index (χ2v) is 7.95. The van der Waals surface area contributed by atoms with Crippen LogP contribution >= 0.6 is 31.9 Å². The Balaban J connectivity index is 1.63. The number of para-hydroxylation sites is 1. The first-order valence-corrected chi connectivity index (χ1v) is 10.3. The predicted octanol–water partition coefficient (Wildman–Crippen LogP) is 5.06. The summed E-state index contributed by atoms with van der Waals surface area (Å²) in [4.78, 5) is 24.9. The van der Waals surface area contributed by atoms with Gasteiger partial charge < -0.3 is 19.8 Å². The molecule has 0 unspecified atom stereocenters. The lowest BCUT2D eigenvalue weighted by Crippen LogP contribution is -2.26. The molecule has 3 aromatic rings. The van der Waals surface area contributed by atoms with Gasteiger partial charge in [0.25, 0.3) is 11.8 Å². The smallest absolute Gasteiger partial charge is 0.262 e. The molecule has 0 aliphatic rings. The maximum Gasteiger partial charge on any atom is 0.262 e. The minimum absolute atomic E-state index is 0.191. The number of carbonyl (C=O) groups is 2. The molecule has 1 aromatic heterocycles. The molecule has 6 nitrogen and oxygen atoms in total. The quantitative estimate of drug-likeness (QED) is 0.455. The number of benzene rings is 2. The van der Waals surface area contributed by atoms with Crippen molar-refractivity contribution in [2.75, 3.05) is 11.9 Å². The zero-order chi connectivity index (χ0) is 20.8. The molecule has 0 aliphatic carbocycles. The topological polar surface area (TPSA) is 80.6 Å². The second-order valence-electron chi connectivity index (χ2n) is 6.18. The Morgan fingerprint density at radius 1 is 1.10 bits per heavy atom. The van der Waals surface area contributed by atoms with E-state index in [0.717, 1.165) is 14.5 Å². The summed E-state index contributed by atoms with van der Waals surface area (Å²) in [5.74, 6) is 0.548. The zero-order valence-corrected chi connectivity index (χ0v) is 18.7. The van der Waals surface area contributed by atoms with Crippen LogP contribution in [0.2, 0.25) is 0 Å². The van der Waals surface area contributed by atoms with Crippen molar-refractivity contribution >= 4 is 49.4 Å². The lowest BCUT2D eigenvalue weighted by atomic mass is 10.1. The summed E-state index contributed by atoms with van der Waals surface area (Å²) in [5.41, 5.74) is 1.65. The van der Waals surface area contributed by atoms with Gasteiger partial charge in [-0.1, -0.05) is 28.1 Å². The van der Waals surface area contributed by atoms with Crippen molar-refractivity contribution in [1.29, 1.82) is 0 Å². The average molecular weight is 522 g/mol. The highest BCUT2D eigenvalue weighted by atomic mass is 79.9. The van der Waals surface area contributed by atoms with Crippen molar-refractivity contribution in [2.24, 2.45) is 0 Å². The third kappa shape index (κ3) is 5.71. The van der Waals surface area contributed by atoms with Gasteiger partial charge in [-0.25, -0.2) is 0 Å². The molecule has 0 radical (unpaired) electrons. The van der Waals surface area contributed by atoms with E-state index in [0.29, 0.717) is 22.8 Å². The highest BCUT2D eigenvalue weighted by Crippen LogP contribution is 2.32. The first-order valence-electron chi connectivity index (χ1n) is 8.72. The number of ether oxygens (including phenoxy) is 1. The van der Waals surface area contributed by atoms with Gasteiger partial charge in [0, 0.05) is 4.47 Å². The fourth-order valence-electron chi connectivity index (χ4n) is 2.66. The number of rotatable bonds is 7. The molecule has 2 N–H and O–H groups in total. The molecule has 0 aliphatic heterocycles. The SMILES string of the molecule is Cc1cc(Br)cc(Br)c1OCC(=O)Nc1ccccc1C(=O)NCc1ccco1. The van der Waals surface area contributed by atoms with E-state index in [9.17, 15) is 9.59 Å². The zero-order valence-electron chi connectivity index (χ0n) is 15.5. The van der Waals surface area contributed by atoms with Gasteiger partial charge in [0.15, 0.2) is 6.61 Å². The molecule has 0 spiro atoms. The van der Waals surface area contributed by atoms with E-state index in [1.807, 2.05) is 19.1 Å². The van der Waals surface area contributed by atoms with Gasteiger partial charge in [0.05, 0.1) is 28.5 Å². The molecule has 0 bridgehead atoms. The van der Waals surface area contributed by atoms with Gasteiger partial charge in [-0.3, -0.25) is 9.59 Å². The van der Waals surface area contributed by atoms with E-state index in [4.69, 9.17) is 9.15 Å². The summed E-state index contributed by atoms with van der Waals surface area (Å²) < 4.78 is 12.5. The lowest BCUT2D eigenvalue weighted by Gasteiger charge is -2.13. The second kappa shape index (κ2) is 9.76. The summed E-state index contributed by atoms with van der Waals surface area (Å²) in [6.07, 6.45) is 1.54. The van der Waals surface area contributed by atoms with Gasteiger partial charge in [0.1, 0.15) is 11.5 Å². The maximum absolute atomic E-state index is 12.5. The molecule has 0 atom stereocenters. The fraction of sp³-hybridized carbons (Fsp3) is 0.143. The van der Waals surface area contributed by atoms with Gasteiger partial charge in [-0.2, -0.15) is 0 Å². The molecule has 150 valence electrons. The Bertz CT molecular complexity index is 996. The Kier molecular flexibility index (Phi) is 7.11. The maximum atomic E-state index is 12.5. The van der Waals surface area contributed by atoms with Crippen LogP contribution in [0.1, 0.15) is 21.7 Å². The normalized spacial score (nSPS) is 10.4. The molecule has 29 heavy (non-hydrogen) atoms. The molecule has 8 heteroatoms. The lowest BCUT2D eigenvalue weighted by molar-refractivity contribution is -0.118. The van der Waals surface area contributed by atoms with Crippen molar-refractivity contribution < 1.29 is 18.7 Å². The summed E-state index contributed by atoms with van der Waals surface area (Å²) in [5, 5.41) is 5.50. The van der Waals surface area contributed by atoms with E-state index in [2.05, 4.69) is 42.5 Å². The van der Waals surface area contributed by atoms with Gasteiger partial charge in [-0.15, -0.1) is 0 Å². The minimum atomic E-state index is -0.370. The largest absolute Gasteiger partial charge is 0.482 e. The molecular formula is C21H18Br2N2O4. The molecule has 0 saturated heterocycles. The van der Waals surface area contributed by atoms with Crippen molar-refractivity contribution in [3.63, 3.8) is 0 Å². The molecule has 0 fully saturated rings. The number of anilines is 1. The van der Waals surface area contributed by atoms with E-state index >= 15 is 0 Å². The highest BCUT2D eigenvalue weighted by molar-refractivity contribution is 9.11. The summed E-state index contributed by atoms with van der Waals surface area (Å²) in [7, 11) is 0. The molecule has 3 rings (SSSR count). The number of carbonyl (C=O) groups excluding carboxylic acids is 2. The predicted molar refractivity (Wildman–Crippen MR) is 117 cm³/mol. The van der Waals surface area contributed by atoms with Crippen LogP contribution in [0.4, 0.5) is 5.69 Å². The van der Waals surface area contributed by atoms with Crippen LogP contribution in [0.3, 0.4) is 0 Å². The first kappa shape index (κ1) is 21.1. The van der Waals surface area contributed by atoms with Crippen molar-refractivity contribution in [1.82, 2.24) is 5.32 Å². The fourth-order valence-corrected chi connectivity index (χ4v) is 4.21. The Morgan fingerprint density at radius 2 is 1.90 bits per heavy atom. The standard InChI is InChI=1S/C21H18Br2N2O4/c1-13-9-14(22)10-17(23)20(13)29-12-19(26)25-18-7-3-2-6-16(18)21(27)24-11-15-5-4-8-28-15/h2-10H,11-12H2,1H3,(H,24,27)(H,25,26). The molecular weight excluding hydrogens is 504 g/mol. The van der Waals surface area contributed by atoms with Gasteiger partial charge in [0.2, 0.25) is 0 Å². The van der Waals surface area contributed by atoms with Crippen LogP contribution in [0.25, 0.3) is 0 Å². The van der Waals surface area contributed by atoms with E-state index in [1.165, 1.54) is 0 Å². The van der Waals surface area contributed by atoms with Crippen LogP contribution in [0.5, 0.6) is 5.75 Å². The number of hydrogen-bond donors (Lipinski definition) is 2. The van der Waals surface area contributed by atoms with Crippen molar-refractivity contribution in [3.05, 3.63) is 80.6 Å². The van der Waals surface area contributed by atoms with E-state index in [-0.39, 0.29) is 25.0 Å². The first-order chi connectivity index (χ1) is 13.9. The number of halogens is 2. The third-order valence-corrected chi connectivity index (χ3v) is 5.04. The third-order valence-electron chi connectivity index (χ3n) is 3.99. The minimum Gasteiger partial charge on any atom is -0.482 e. The van der Waals surface area contributed by atoms with Crippen LogP contribution in [0, 0.1) is 6.92 Å².